The SMILES string of the molecule is CCCCCCC/C=C\C/C=C\C/C=C\CCCCCCCCCCCCC(=O)OCC(COC(=O)CCCCCCCCCCCCC)OC(=O)CCCCCCCCCCCCCCCCCCC. The van der Waals surface area contributed by atoms with E-state index in [4.69, 9.17) is 14.2 Å². The number of allylic oxidation sites excluding steroid dienone is 6. The molecule has 0 saturated carbocycles. The van der Waals surface area contributed by atoms with E-state index in [1.165, 1.54) is 231 Å². The Hall–Kier alpha value is -2.37. The van der Waals surface area contributed by atoms with E-state index < -0.39 is 6.10 Å². The van der Waals surface area contributed by atoms with Crippen LogP contribution in [0.5, 0.6) is 0 Å². The summed E-state index contributed by atoms with van der Waals surface area (Å²) in [6.45, 7) is 6.67. The van der Waals surface area contributed by atoms with Crippen LogP contribution in [-0.4, -0.2) is 37.2 Å². The summed E-state index contributed by atoms with van der Waals surface area (Å²) >= 11 is 0. The van der Waals surface area contributed by atoms with Crippen LogP contribution in [-0.2, 0) is 28.6 Å². The molecule has 6 nitrogen and oxygen atoms in total. The lowest BCUT2D eigenvalue weighted by molar-refractivity contribution is -0.167. The van der Waals surface area contributed by atoms with Gasteiger partial charge in [0.15, 0.2) is 6.10 Å². The standard InChI is InChI=1S/C65H120O6/c1-4-7-10-13-16-19-22-24-26-28-29-30-31-32-33-34-35-37-38-40-43-46-49-52-55-58-64(67)70-61-62(60-69-63(66)57-54-51-48-45-42-21-18-15-12-9-6-3)71-65(68)59-56-53-50-47-44-41-39-36-27-25-23-20-17-14-11-8-5-2/h22,24,28-29,31-32,62H,4-21,23,25-27,30,33-61H2,1-3H3/b24-22-,29-28-,32-31-. The monoisotopic (exact) mass is 997 g/mol. The summed E-state index contributed by atoms with van der Waals surface area (Å²) in [6.07, 6.45) is 72.9. The molecule has 1 atom stereocenters. The maximum Gasteiger partial charge on any atom is 0.306 e. The minimum Gasteiger partial charge on any atom is -0.462 e. The smallest absolute Gasteiger partial charge is 0.306 e. The third-order valence-electron chi connectivity index (χ3n) is 14.1. The Morgan fingerprint density at radius 3 is 0.789 bits per heavy atom. The molecule has 0 fully saturated rings. The zero-order valence-electron chi connectivity index (χ0n) is 47.8. The summed E-state index contributed by atoms with van der Waals surface area (Å²) in [4.78, 5) is 38.2. The summed E-state index contributed by atoms with van der Waals surface area (Å²) < 4.78 is 16.9. The van der Waals surface area contributed by atoms with Crippen molar-refractivity contribution in [3.05, 3.63) is 36.5 Å². The molecule has 0 spiro atoms. The molecule has 71 heavy (non-hydrogen) atoms. The van der Waals surface area contributed by atoms with Crippen LogP contribution in [0.25, 0.3) is 0 Å². The number of rotatable bonds is 58. The third kappa shape index (κ3) is 58.4. The lowest BCUT2D eigenvalue weighted by Crippen LogP contribution is -2.30. The highest BCUT2D eigenvalue weighted by Crippen LogP contribution is 2.17. The lowest BCUT2D eigenvalue weighted by Gasteiger charge is -2.18. The molecule has 416 valence electrons. The summed E-state index contributed by atoms with van der Waals surface area (Å²) in [5.74, 6) is -0.850. The molecule has 0 radical (unpaired) electrons. The van der Waals surface area contributed by atoms with Crippen molar-refractivity contribution < 1.29 is 28.6 Å². The fourth-order valence-corrected chi connectivity index (χ4v) is 9.39. The highest BCUT2D eigenvalue weighted by atomic mass is 16.6. The van der Waals surface area contributed by atoms with Crippen molar-refractivity contribution in [2.45, 2.75) is 348 Å². The molecule has 0 heterocycles. The Labute approximate surface area is 442 Å². The largest absolute Gasteiger partial charge is 0.462 e. The van der Waals surface area contributed by atoms with Crippen molar-refractivity contribution in [2.75, 3.05) is 13.2 Å². The molecular weight excluding hydrogens is 877 g/mol. The first-order valence-electron chi connectivity index (χ1n) is 31.5. The molecule has 0 aliphatic heterocycles. The first-order valence-corrected chi connectivity index (χ1v) is 31.5. The molecule has 1 unspecified atom stereocenters. The lowest BCUT2D eigenvalue weighted by atomic mass is 10.0. The molecule has 0 aliphatic rings. The van der Waals surface area contributed by atoms with Crippen molar-refractivity contribution >= 4 is 17.9 Å². The Balaban J connectivity index is 4.23. The Bertz CT molecular complexity index is 1190. The average Bonchev–Trinajstić information content (AvgIpc) is 3.37. The van der Waals surface area contributed by atoms with E-state index in [2.05, 4.69) is 57.2 Å². The van der Waals surface area contributed by atoms with Gasteiger partial charge in [0, 0.05) is 19.3 Å². The molecule has 0 N–H and O–H groups in total. The minimum atomic E-state index is -0.769. The van der Waals surface area contributed by atoms with Gasteiger partial charge < -0.3 is 14.2 Å². The van der Waals surface area contributed by atoms with Crippen LogP contribution < -0.4 is 0 Å². The molecule has 0 aromatic heterocycles. The molecule has 0 aromatic carbocycles. The van der Waals surface area contributed by atoms with Gasteiger partial charge in [0.05, 0.1) is 0 Å². The van der Waals surface area contributed by atoms with Crippen LogP contribution in [0.1, 0.15) is 342 Å². The van der Waals surface area contributed by atoms with Gasteiger partial charge in [-0.1, -0.05) is 301 Å². The molecule has 6 heteroatoms. The summed E-state index contributed by atoms with van der Waals surface area (Å²) in [6, 6.07) is 0. The quantitative estimate of drug-likeness (QED) is 0.0261. The predicted octanol–water partition coefficient (Wildman–Crippen LogP) is 21.2. The van der Waals surface area contributed by atoms with Gasteiger partial charge in [0.25, 0.3) is 0 Å². The Morgan fingerprint density at radius 2 is 0.507 bits per heavy atom. The molecule has 0 bridgehead atoms. The van der Waals surface area contributed by atoms with Crippen LogP contribution >= 0.6 is 0 Å². The van der Waals surface area contributed by atoms with Gasteiger partial charge in [0.1, 0.15) is 13.2 Å². The van der Waals surface area contributed by atoms with Gasteiger partial charge in [0.2, 0.25) is 0 Å². The number of unbranched alkanes of at least 4 members (excludes halogenated alkanes) is 41. The number of hydrogen-bond acceptors (Lipinski definition) is 6. The minimum absolute atomic E-state index is 0.0678. The van der Waals surface area contributed by atoms with Crippen LogP contribution in [0, 0.1) is 0 Å². The highest BCUT2D eigenvalue weighted by Gasteiger charge is 2.19. The summed E-state index contributed by atoms with van der Waals surface area (Å²) in [5, 5.41) is 0. The van der Waals surface area contributed by atoms with Gasteiger partial charge in [-0.15, -0.1) is 0 Å². The topological polar surface area (TPSA) is 78.9 Å². The van der Waals surface area contributed by atoms with E-state index in [-0.39, 0.29) is 31.1 Å². The van der Waals surface area contributed by atoms with E-state index in [0.29, 0.717) is 19.3 Å². The van der Waals surface area contributed by atoms with Crippen LogP contribution in [0.15, 0.2) is 36.5 Å². The number of ether oxygens (including phenoxy) is 3. The van der Waals surface area contributed by atoms with Gasteiger partial charge in [-0.05, 0) is 57.8 Å². The molecule has 0 aliphatic carbocycles. The van der Waals surface area contributed by atoms with Gasteiger partial charge in [-0.25, -0.2) is 0 Å². The third-order valence-corrected chi connectivity index (χ3v) is 14.1. The maximum absolute atomic E-state index is 12.9. The van der Waals surface area contributed by atoms with Gasteiger partial charge in [-0.3, -0.25) is 14.4 Å². The van der Waals surface area contributed by atoms with Gasteiger partial charge in [-0.2, -0.15) is 0 Å². The number of carbonyl (C=O) groups excluding carboxylic acids is 3. The summed E-state index contributed by atoms with van der Waals surface area (Å²) in [7, 11) is 0. The zero-order chi connectivity index (χ0) is 51.4. The normalized spacial score (nSPS) is 12.2. The van der Waals surface area contributed by atoms with Crippen LogP contribution in [0.3, 0.4) is 0 Å². The second-order valence-electron chi connectivity index (χ2n) is 21.3. The molecule has 0 saturated heterocycles. The number of esters is 3. The van der Waals surface area contributed by atoms with E-state index in [9.17, 15) is 14.4 Å². The molecule has 0 aromatic rings. The van der Waals surface area contributed by atoms with Gasteiger partial charge >= 0.3 is 17.9 Å². The molecule has 0 amide bonds. The zero-order valence-corrected chi connectivity index (χ0v) is 47.8. The second-order valence-corrected chi connectivity index (χ2v) is 21.3. The van der Waals surface area contributed by atoms with Crippen molar-refractivity contribution in [2.24, 2.45) is 0 Å². The first kappa shape index (κ1) is 68.6. The first-order chi connectivity index (χ1) is 35.0. The van der Waals surface area contributed by atoms with Crippen molar-refractivity contribution in [1.82, 2.24) is 0 Å². The Morgan fingerprint density at radius 1 is 0.282 bits per heavy atom. The average molecular weight is 998 g/mol. The van der Waals surface area contributed by atoms with Crippen molar-refractivity contribution in [3.8, 4) is 0 Å². The number of carbonyl (C=O) groups is 3. The van der Waals surface area contributed by atoms with E-state index in [0.717, 1.165) is 70.6 Å². The van der Waals surface area contributed by atoms with Crippen molar-refractivity contribution in [3.63, 3.8) is 0 Å². The predicted molar refractivity (Wildman–Crippen MR) is 307 cm³/mol. The fourth-order valence-electron chi connectivity index (χ4n) is 9.39. The summed E-state index contributed by atoms with van der Waals surface area (Å²) in [5.41, 5.74) is 0. The molecule has 0 rings (SSSR count). The van der Waals surface area contributed by atoms with E-state index >= 15 is 0 Å². The van der Waals surface area contributed by atoms with E-state index in [1.54, 1.807) is 0 Å². The Kier molecular flexibility index (Phi) is 58.2. The number of hydrogen-bond donors (Lipinski definition) is 0. The molecular formula is C65H120O6. The maximum atomic E-state index is 12.9. The highest BCUT2D eigenvalue weighted by molar-refractivity contribution is 5.71. The van der Waals surface area contributed by atoms with Crippen LogP contribution in [0.2, 0.25) is 0 Å². The van der Waals surface area contributed by atoms with Crippen LogP contribution in [0.4, 0.5) is 0 Å². The fraction of sp³-hybridized carbons (Fsp3) is 0.862. The van der Waals surface area contributed by atoms with Crippen molar-refractivity contribution in [1.29, 1.82) is 0 Å². The van der Waals surface area contributed by atoms with E-state index in [1.807, 2.05) is 0 Å². The second kappa shape index (κ2) is 60.2.